The van der Waals surface area contributed by atoms with Gasteiger partial charge in [0, 0.05) is 28.8 Å². The molecular weight excluding hydrogens is 281 g/mol. The van der Waals surface area contributed by atoms with Crippen LogP contribution in [0, 0.1) is 12.7 Å². The van der Waals surface area contributed by atoms with Gasteiger partial charge in [-0.1, -0.05) is 44.2 Å². The number of rotatable bonds is 6. The minimum Gasteiger partial charge on any atom is -0.310 e. The lowest BCUT2D eigenvalue weighted by atomic mass is 10.1. The van der Waals surface area contributed by atoms with E-state index in [2.05, 4.69) is 44.3 Å². The summed E-state index contributed by atoms with van der Waals surface area (Å²) in [5.41, 5.74) is 3.35. The van der Waals surface area contributed by atoms with E-state index >= 15 is 0 Å². The Morgan fingerprint density at radius 2 is 1.86 bits per heavy atom. The summed E-state index contributed by atoms with van der Waals surface area (Å²) in [6, 6.07) is 14.0. The summed E-state index contributed by atoms with van der Waals surface area (Å²) in [5, 5.41) is 3.30. The fraction of sp³-hybridized carbons (Fsp3) is 0.333. The Labute approximate surface area is 131 Å². The number of aryl methyl sites for hydroxylation is 1. The molecule has 0 amide bonds. The summed E-state index contributed by atoms with van der Waals surface area (Å²) < 4.78 is 14.1. The normalized spacial score (nSPS) is 11.1. The molecule has 0 aliphatic heterocycles. The van der Waals surface area contributed by atoms with Gasteiger partial charge in [0.05, 0.1) is 0 Å². The second-order valence-corrected chi connectivity index (χ2v) is 6.48. The minimum absolute atomic E-state index is 0.127. The van der Waals surface area contributed by atoms with E-state index in [9.17, 15) is 4.39 Å². The average Bonchev–Trinajstić information content (AvgIpc) is 2.45. The standard InChI is InChI=1S/C18H22FNS/c1-13(2)20-11-16-17(19)9-6-10-18(16)21-12-15-8-5-4-7-14(15)3/h4-10,13,20H,11-12H2,1-3H3. The van der Waals surface area contributed by atoms with Crippen LogP contribution < -0.4 is 5.32 Å². The quantitative estimate of drug-likeness (QED) is 0.760. The van der Waals surface area contributed by atoms with E-state index in [0.29, 0.717) is 12.6 Å². The van der Waals surface area contributed by atoms with Crippen LogP contribution in [0.4, 0.5) is 4.39 Å². The van der Waals surface area contributed by atoms with E-state index in [1.165, 1.54) is 17.2 Å². The van der Waals surface area contributed by atoms with Crippen molar-refractivity contribution in [2.45, 2.75) is 44.0 Å². The highest BCUT2D eigenvalue weighted by molar-refractivity contribution is 7.98. The molecule has 2 rings (SSSR count). The predicted octanol–water partition coefficient (Wildman–Crippen LogP) is 4.92. The van der Waals surface area contributed by atoms with Gasteiger partial charge in [-0.2, -0.15) is 0 Å². The molecule has 0 unspecified atom stereocenters. The first-order valence-corrected chi connectivity index (χ1v) is 8.24. The summed E-state index contributed by atoms with van der Waals surface area (Å²) in [6.45, 7) is 6.82. The summed E-state index contributed by atoms with van der Waals surface area (Å²) in [6.07, 6.45) is 0. The van der Waals surface area contributed by atoms with Crippen molar-refractivity contribution in [1.82, 2.24) is 5.32 Å². The second kappa shape index (κ2) is 7.62. The van der Waals surface area contributed by atoms with Crippen LogP contribution in [0.1, 0.15) is 30.5 Å². The van der Waals surface area contributed by atoms with E-state index in [4.69, 9.17) is 0 Å². The highest BCUT2D eigenvalue weighted by Crippen LogP contribution is 2.29. The summed E-state index contributed by atoms with van der Waals surface area (Å²) >= 11 is 1.70. The minimum atomic E-state index is -0.127. The molecular formula is C18H22FNS. The second-order valence-electron chi connectivity index (χ2n) is 5.47. The molecule has 0 aliphatic rings. The fourth-order valence-corrected chi connectivity index (χ4v) is 3.23. The fourth-order valence-electron chi connectivity index (χ4n) is 2.08. The van der Waals surface area contributed by atoms with Gasteiger partial charge in [0.25, 0.3) is 0 Å². The van der Waals surface area contributed by atoms with E-state index < -0.39 is 0 Å². The van der Waals surface area contributed by atoms with E-state index in [1.807, 2.05) is 12.1 Å². The van der Waals surface area contributed by atoms with Gasteiger partial charge in [-0.05, 0) is 30.2 Å². The average molecular weight is 303 g/mol. The molecule has 2 aromatic rings. The van der Waals surface area contributed by atoms with Crippen molar-refractivity contribution in [3.8, 4) is 0 Å². The lowest BCUT2D eigenvalue weighted by Crippen LogP contribution is -2.22. The van der Waals surface area contributed by atoms with Crippen molar-refractivity contribution in [3.05, 3.63) is 65.0 Å². The van der Waals surface area contributed by atoms with Crippen LogP contribution in [0.15, 0.2) is 47.4 Å². The predicted molar refractivity (Wildman–Crippen MR) is 89.1 cm³/mol. The topological polar surface area (TPSA) is 12.0 Å². The smallest absolute Gasteiger partial charge is 0.128 e. The highest BCUT2D eigenvalue weighted by Gasteiger charge is 2.10. The molecule has 0 saturated carbocycles. The summed E-state index contributed by atoms with van der Waals surface area (Å²) in [7, 11) is 0. The maximum Gasteiger partial charge on any atom is 0.128 e. The Morgan fingerprint density at radius 3 is 2.57 bits per heavy atom. The molecule has 112 valence electrons. The maximum absolute atomic E-state index is 14.1. The molecule has 3 heteroatoms. The number of hydrogen-bond donors (Lipinski definition) is 1. The largest absolute Gasteiger partial charge is 0.310 e. The first-order valence-electron chi connectivity index (χ1n) is 7.26. The number of halogens is 1. The van der Waals surface area contributed by atoms with Gasteiger partial charge in [-0.25, -0.2) is 4.39 Å². The van der Waals surface area contributed by atoms with Crippen molar-refractivity contribution in [1.29, 1.82) is 0 Å². The number of nitrogens with one attached hydrogen (secondary N) is 1. The maximum atomic E-state index is 14.1. The Hall–Kier alpha value is -1.32. The van der Waals surface area contributed by atoms with Gasteiger partial charge in [0.2, 0.25) is 0 Å². The first kappa shape index (κ1) is 16.1. The molecule has 1 N–H and O–H groups in total. The van der Waals surface area contributed by atoms with Crippen LogP contribution in [-0.2, 0) is 12.3 Å². The third-order valence-electron chi connectivity index (χ3n) is 3.41. The Balaban J connectivity index is 2.12. The molecule has 0 fully saturated rings. The summed E-state index contributed by atoms with van der Waals surface area (Å²) in [5.74, 6) is 0.739. The third-order valence-corrected chi connectivity index (χ3v) is 4.56. The van der Waals surface area contributed by atoms with Crippen molar-refractivity contribution in [2.24, 2.45) is 0 Å². The van der Waals surface area contributed by atoms with Gasteiger partial charge in [-0.15, -0.1) is 11.8 Å². The molecule has 0 saturated heterocycles. The Bertz CT molecular complexity index is 596. The summed E-state index contributed by atoms with van der Waals surface area (Å²) in [4.78, 5) is 1.02. The van der Waals surface area contributed by atoms with E-state index in [1.54, 1.807) is 17.8 Å². The SMILES string of the molecule is Cc1ccccc1CSc1cccc(F)c1CNC(C)C. The lowest BCUT2D eigenvalue weighted by molar-refractivity contribution is 0.546. The number of hydrogen-bond acceptors (Lipinski definition) is 2. The molecule has 0 atom stereocenters. The van der Waals surface area contributed by atoms with Crippen LogP contribution in [-0.4, -0.2) is 6.04 Å². The zero-order valence-corrected chi connectivity index (χ0v) is 13.6. The molecule has 0 heterocycles. The van der Waals surface area contributed by atoms with Crippen LogP contribution >= 0.6 is 11.8 Å². The molecule has 0 radical (unpaired) electrons. The van der Waals surface area contributed by atoms with E-state index in [-0.39, 0.29) is 5.82 Å². The molecule has 0 spiro atoms. The van der Waals surface area contributed by atoms with Gasteiger partial charge in [0.15, 0.2) is 0 Å². The molecule has 0 aliphatic carbocycles. The zero-order valence-electron chi connectivity index (χ0n) is 12.8. The first-order chi connectivity index (χ1) is 10.1. The van der Waals surface area contributed by atoms with Crippen molar-refractivity contribution < 1.29 is 4.39 Å². The Kier molecular flexibility index (Phi) is 5.83. The lowest BCUT2D eigenvalue weighted by Gasteiger charge is -2.14. The highest BCUT2D eigenvalue weighted by atomic mass is 32.2. The molecule has 21 heavy (non-hydrogen) atoms. The molecule has 0 bridgehead atoms. The third kappa shape index (κ3) is 4.58. The van der Waals surface area contributed by atoms with Gasteiger partial charge in [-0.3, -0.25) is 0 Å². The van der Waals surface area contributed by atoms with Crippen LogP contribution in [0.25, 0.3) is 0 Å². The van der Waals surface area contributed by atoms with Crippen molar-refractivity contribution in [2.75, 3.05) is 0 Å². The number of thioether (sulfide) groups is 1. The zero-order chi connectivity index (χ0) is 15.2. The van der Waals surface area contributed by atoms with Crippen molar-refractivity contribution in [3.63, 3.8) is 0 Å². The van der Waals surface area contributed by atoms with E-state index in [0.717, 1.165) is 16.2 Å². The van der Waals surface area contributed by atoms with Gasteiger partial charge in [0.1, 0.15) is 5.82 Å². The Morgan fingerprint density at radius 1 is 1.10 bits per heavy atom. The van der Waals surface area contributed by atoms with Crippen LogP contribution in [0.2, 0.25) is 0 Å². The van der Waals surface area contributed by atoms with Crippen molar-refractivity contribution >= 4 is 11.8 Å². The number of benzene rings is 2. The van der Waals surface area contributed by atoms with Crippen LogP contribution in [0.5, 0.6) is 0 Å². The molecule has 0 aromatic heterocycles. The molecule has 1 nitrogen and oxygen atoms in total. The monoisotopic (exact) mass is 303 g/mol. The van der Waals surface area contributed by atoms with Gasteiger partial charge >= 0.3 is 0 Å². The van der Waals surface area contributed by atoms with Crippen LogP contribution in [0.3, 0.4) is 0 Å². The molecule has 2 aromatic carbocycles. The van der Waals surface area contributed by atoms with Gasteiger partial charge < -0.3 is 5.32 Å².